The van der Waals surface area contributed by atoms with Crippen LogP contribution in [-0.2, 0) is 4.79 Å². The van der Waals surface area contributed by atoms with Crippen molar-refractivity contribution >= 4 is 11.6 Å². The van der Waals surface area contributed by atoms with E-state index in [0.717, 1.165) is 36.4 Å². The number of nitrogens with one attached hydrogen (secondary N) is 1. The van der Waals surface area contributed by atoms with E-state index in [0.29, 0.717) is 13.2 Å². The smallest absolute Gasteiger partial charge is 0.238 e. The molecule has 2 heterocycles. The van der Waals surface area contributed by atoms with Crippen molar-refractivity contribution in [2.75, 3.05) is 31.6 Å². The zero-order valence-electron chi connectivity index (χ0n) is 14.4. The molecule has 1 atom stereocenters. The third-order valence-electron chi connectivity index (χ3n) is 4.81. The summed E-state index contributed by atoms with van der Waals surface area (Å²) in [4.78, 5) is 14.5. The number of para-hydroxylation sites is 1. The highest BCUT2D eigenvalue weighted by atomic mass is 19.1. The predicted molar refractivity (Wildman–Crippen MR) is 96.0 cm³/mol. The van der Waals surface area contributed by atoms with Gasteiger partial charge in [-0.3, -0.25) is 9.69 Å². The molecule has 136 valence electrons. The molecule has 6 heteroatoms. The van der Waals surface area contributed by atoms with Crippen molar-refractivity contribution in [3.63, 3.8) is 0 Å². The van der Waals surface area contributed by atoms with E-state index >= 15 is 0 Å². The minimum Gasteiger partial charge on any atom is -0.486 e. The molecular formula is C20H21FN2O3. The first-order valence-corrected chi connectivity index (χ1v) is 8.89. The number of halogens is 1. The van der Waals surface area contributed by atoms with Crippen LogP contribution in [0.15, 0.2) is 42.5 Å². The minimum absolute atomic E-state index is 0.150. The fourth-order valence-electron chi connectivity index (χ4n) is 3.60. The van der Waals surface area contributed by atoms with Crippen LogP contribution >= 0.6 is 0 Å². The van der Waals surface area contributed by atoms with Crippen LogP contribution in [0.1, 0.15) is 24.4 Å². The van der Waals surface area contributed by atoms with Crippen LogP contribution in [0, 0.1) is 5.82 Å². The summed E-state index contributed by atoms with van der Waals surface area (Å²) in [5, 5.41) is 2.66. The van der Waals surface area contributed by atoms with Crippen LogP contribution in [0.2, 0.25) is 0 Å². The SMILES string of the molecule is O=C(CN1CCC[C@H]1c1ccc2c(c1)OCCO2)Nc1ccccc1F. The molecule has 0 saturated carbocycles. The Hall–Kier alpha value is -2.60. The first kappa shape index (κ1) is 16.8. The van der Waals surface area contributed by atoms with Gasteiger partial charge >= 0.3 is 0 Å². The molecule has 0 unspecified atom stereocenters. The van der Waals surface area contributed by atoms with Gasteiger partial charge in [-0.15, -0.1) is 0 Å². The second-order valence-electron chi connectivity index (χ2n) is 6.56. The highest BCUT2D eigenvalue weighted by Crippen LogP contribution is 2.37. The molecule has 0 aliphatic carbocycles. The first-order chi connectivity index (χ1) is 12.7. The lowest BCUT2D eigenvalue weighted by Crippen LogP contribution is -2.33. The van der Waals surface area contributed by atoms with Gasteiger partial charge in [0.25, 0.3) is 0 Å². The average Bonchev–Trinajstić information content (AvgIpc) is 3.11. The predicted octanol–water partition coefficient (Wildman–Crippen LogP) is 3.37. The van der Waals surface area contributed by atoms with E-state index in [2.05, 4.69) is 10.2 Å². The van der Waals surface area contributed by atoms with E-state index in [1.54, 1.807) is 18.2 Å². The molecule has 2 aliphatic heterocycles. The van der Waals surface area contributed by atoms with Crippen molar-refractivity contribution in [1.82, 2.24) is 4.90 Å². The maximum absolute atomic E-state index is 13.7. The van der Waals surface area contributed by atoms with E-state index in [4.69, 9.17) is 9.47 Å². The number of carbonyl (C=O) groups excluding carboxylic acids is 1. The van der Waals surface area contributed by atoms with Crippen molar-refractivity contribution < 1.29 is 18.7 Å². The molecule has 2 aliphatic rings. The van der Waals surface area contributed by atoms with Gasteiger partial charge in [0.1, 0.15) is 19.0 Å². The number of fused-ring (bicyclic) bond motifs is 1. The first-order valence-electron chi connectivity index (χ1n) is 8.89. The van der Waals surface area contributed by atoms with Crippen LogP contribution in [0.25, 0.3) is 0 Å². The molecule has 1 N–H and O–H groups in total. The second-order valence-corrected chi connectivity index (χ2v) is 6.56. The standard InChI is InChI=1S/C20H21FN2O3/c21-15-4-1-2-5-16(15)22-20(24)13-23-9-3-6-17(23)14-7-8-18-19(12-14)26-11-10-25-18/h1-2,4-5,7-8,12,17H,3,6,9-11,13H2,(H,22,24)/t17-/m0/s1. The highest BCUT2D eigenvalue weighted by molar-refractivity contribution is 5.92. The molecular weight excluding hydrogens is 335 g/mol. The van der Waals surface area contributed by atoms with Gasteiger partial charge in [0.15, 0.2) is 11.5 Å². The molecule has 2 aromatic rings. The average molecular weight is 356 g/mol. The third kappa shape index (κ3) is 3.51. The maximum Gasteiger partial charge on any atom is 0.238 e. The molecule has 5 nitrogen and oxygen atoms in total. The topological polar surface area (TPSA) is 50.8 Å². The van der Waals surface area contributed by atoms with Gasteiger partial charge in [0, 0.05) is 6.04 Å². The summed E-state index contributed by atoms with van der Waals surface area (Å²) in [5.74, 6) is 0.892. The van der Waals surface area contributed by atoms with Gasteiger partial charge in [-0.05, 0) is 49.2 Å². The molecule has 0 aromatic heterocycles. The lowest BCUT2D eigenvalue weighted by Gasteiger charge is -2.26. The van der Waals surface area contributed by atoms with Crippen LogP contribution in [-0.4, -0.2) is 37.1 Å². The molecule has 1 amide bonds. The summed E-state index contributed by atoms with van der Waals surface area (Å²) >= 11 is 0. The Morgan fingerprint density at radius 3 is 2.81 bits per heavy atom. The number of likely N-dealkylation sites (tertiary alicyclic amines) is 1. The minimum atomic E-state index is -0.425. The van der Waals surface area contributed by atoms with Crippen LogP contribution in [0.3, 0.4) is 0 Å². The Bertz CT molecular complexity index is 811. The summed E-state index contributed by atoms with van der Waals surface area (Å²) in [6.45, 7) is 2.19. The Labute approximate surface area is 151 Å². The molecule has 1 saturated heterocycles. The third-order valence-corrected chi connectivity index (χ3v) is 4.81. The number of hydrogen-bond acceptors (Lipinski definition) is 4. The number of anilines is 1. The van der Waals surface area contributed by atoms with E-state index < -0.39 is 5.82 Å². The summed E-state index contributed by atoms with van der Waals surface area (Å²) in [6, 6.07) is 12.3. The molecule has 0 bridgehead atoms. The Kier molecular flexibility index (Phi) is 4.75. The van der Waals surface area contributed by atoms with Crippen LogP contribution in [0.5, 0.6) is 11.5 Å². The molecule has 0 radical (unpaired) electrons. The fraction of sp³-hybridized carbons (Fsp3) is 0.350. The van der Waals surface area contributed by atoms with E-state index in [-0.39, 0.29) is 24.2 Å². The molecule has 1 fully saturated rings. The monoisotopic (exact) mass is 356 g/mol. The summed E-state index contributed by atoms with van der Waals surface area (Å²) in [5.41, 5.74) is 1.33. The highest BCUT2D eigenvalue weighted by Gasteiger charge is 2.28. The molecule has 2 aromatic carbocycles. The number of benzene rings is 2. The van der Waals surface area contributed by atoms with Gasteiger partial charge in [0.05, 0.1) is 12.2 Å². The van der Waals surface area contributed by atoms with Crippen LogP contribution in [0.4, 0.5) is 10.1 Å². The van der Waals surface area contributed by atoms with Crippen LogP contribution < -0.4 is 14.8 Å². The van der Waals surface area contributed by atoms with Gasteiger partial charge in [-0.1, -0.05) is 18.2 Å². The Morgan fingerprint density at radius 2 is 1.96 bits per heavy atom. The van der Waals surface area contributed by atoms with E-state index in [9.17, 15) is 9.18 Å². The van der Waals surface area contributed by atoms with Crippen molar-refractivity contribution in [1.29, 1.82) is 0 Å². The van der Waals surface area contributed by atoms with Gasteiger partial charge < -0.3 is 14.8 Å². The number of carbonyl (C=O) groups is 1. The van der Waals surface area contributed by atoms with Gasteiger partial charge in [-0.25, -0.2) is 4.39 Å². The zero-order chi connectivity index (χ0) is 17.9. The van der Waals surface area contributed by atoms with Gasteiger partial charge in [0.2, 0.25) is 5.91 Å². The normalized spacial score (nSPS) is 19.3. The summed E-state index contributed by atoms with van der Waals surface area (Å²) < 4.78 is 25.0. The fourth-order valence-corrected chi connectivity index (χ4v) is 3.60. The van der Waals surface area contributed by atoms with Crippen molar-refractivity contribution in [2.24, 2.45) is 0 Å². The largest absolute Gasteiger partial charge is 0.486 e. The molecule has 26 heavy (non-hydrogen) atoms. The van der Waals surface area contributed by atoms with Crippen molar-refractivity contribution in [2.45, 2.75) is 18.9 Å². The quantitative estimate of drug-likeness (QED) is 0.913. The zero-order valence-corrected chi connectivity index (χ0v) is 14.4. The van der Waals surface area contributed by atoms with E-state index in [1.807, 2.05) is 18.2 Å². The van der Waals surface area contributed by atoms with Gasteiger partial charge in [-0.2, -0.15) is 0 Å². The molecule has 4 rings (SSSR count). The number of hydrogen-bond donors (Lipinski definition) is 1. The maximum atomic E-state index is 13.7. The Balaban J connectivity index is 1.45. The molecule has 0 spiro atoms. The lowest BCUT2D eigenvalue weighted by atomic mass is 10.0. The Morgan fingerprint density at radius 1 is 1.15 bits per heavy atom. The number of ether oxygens (including phenoxy) is 2. The number of nitrogens with zero attached hydrogens (tertiary/aromatic N) is 1. The summed E-state index contributed by atoms with van der Waals surface area (Å²) in [7, 11) is 0. The number of amides is 1. The van der Waals surface area contributed by atoms with E-state index in [1.165, 1.54) is 6.07 Å². The summed E-state index contributed by atoms with van der Waals surface area (Å²) in [6.07, 6.45) is 2.00. The number of rotatable bonds is 4. The van der Waals surface area contributed by atoms with Crippen molar-refractivity contribution in [3.05, 3.63) is 53.8 Å². The van der Waals surface area contributed by atoms with Crippen molar-refractivity contribution in [3.8, 4) is 11.5 Å². The second kappa shape index (κ2) is 7.33. The lowest BCUT2D eigenvalue weighted by molar-refractivity contribution is -0.117.